The van der Waals surface area contributed by atoms with Crippen molar-refractivity contribution in [3.05, 3.63) is 39.7 Å². The molecule has 0 spiro atoms. The van der Waals surface area contributed by atoms with E-state index in [1.54, 1.807) is 0 Å². The van der Waals surface area contributed by atoms with E-state index < -0.39 is 29.0 Å². The largest absolute Gasteiger partial charge is 0.389 e. The fourth-order valence-electron chi connectivity index (χ4n) is 1.64. The predicted octanol–water partition coefficient (Wildman–Crippen LogP) is 3.56. The Morgan fingerprint density at radius 3 is 2.55 bits per heavy atom. The minimum atomic E-state index is -4.16. The molecular formula is C12H14F4N2O2. The Morgan fingerprint density at radius 2 is 1.95 bits per heavy atom. The van der Waals surface area contributed by atoms with Gasteiger partial charge in [-0.05, 0) is 19.4 Å². The summed E-state index contributed by atoms with van der Waals surface area (Å²) in [5, 5.41) is 13.3. The van der Waals surface area contributed by atoms with Crippen molar-refractivity contribution in [3.63, 3.8) is 0 Å². The number of nitrogens with one attached hydrogen (secondary N) is 1. The summed E-state index contributed by atoms with van der Waals surface area (Å²) in [4.78, 5) is 9.70. The molecule has 1 N–H and O–H groups in total. The van der Waals surface area contributed by atoms with Crippen molar-refractivity contribution in [2.24, 2.45) is 0 Å². The van der Waals surface area contributed by atoms with Crippen LogP contribution in [0.5, 0.6) is 0 Å². The Labute approximate surface area is 112 Å². The molecule has 0 radical (unpaired) electrons. The van der Waals surface area contributed by atoms with Crippen LogP contribution in [-0.2, 0) is 6.54 Å². The van der Waals surface area contributed by atoms with Crippen molar-refractivity contribution in [1.29, 1.82) is 0 Å². The lowest BCUT2D eigenvalue weighted by Crippen LogP contribution is -2.17. The highest BCUT2D eigenvalue weighted by atomic mass is 19.4. The third-order valence-corrected chi connectivity index (χ3v) is 2.63. The van der Waals surface area contributed by atoms with Crippen molar-refractivity contribution < 1.29 is 22.5 Å². The van der Waals surface area contributed by atoms with Gasteiger partial charge in [0.15, 0.2) is 0 Å². The van der Waals surface area contributed by atoms with Crippen LogP contribution in [0, 0.1) is 15.9 Å². The fourth-order valence-corrected chi connectivity index (χ4v) is 1.64. The molecule has 1 rings (SSSR count). The molecule has 0 aliphatic heterocycles. The minimum Gasteiger partial charge on any atom is -0.313 e. The molecule has 0 aromatic heterocycles. The van der Waals surface area contributed by atoms with Crippen LogP contribution < -0.4 is 5.32 Å². The zero-order chi connectivity index (χ0) is 15.2. The van der Waals surface area contributed by atoms with Crippen molar-refractivity contribution in [2.75, 3.05) is 6.54 Å². The zero-order valence-corrected chi connectivity index (χ0v) is 10.5. The molecule has 0 unspecified atom stereocenters. The molecule has 0 heterocycles. The third kappa shape index (κ3) is 5.52. The van der Waals surface area contributed by atoms with Crippen LogP contribution in [0.15, 0.2) is 18.2 Å². The topological polar surface area (TPSA) is 55.2 Å². The number of nitrogens with zero attached hydrogens (tertiary/aromatic N) is 1. The second-order valence-corrected chi connectivity index (χ2v) is 4.26. The summed E-state index contributed by atoms with van der Waals surface area (Å²) in [7, 11) is 0. The maximum Gasteiger partial charge on any atom is 0.389 e. The van der Waals surface area contributed by atoms with E-state index in [0.29, 0.717) is 6.42 Å². The van der Waals surface area contributed by atoms with E-state index in [1.807, 2.05) is 0 Å². The average Bonchev–Trinajstić information content (AvgIpc) is 2.33. The second kappa shape index (κ2) is 7.18. The Kier molecular flexibility index (Phi) is 5.87. The number of nitro groups is 1. The van der Waals surface area contributed by atoms with Crippen LogP contribution in [0.3, 0.4) is 0 Å². The van der Waals surface area contributed by atoms with Gasteiger partial charge in [-0.15, -0.1) is 0 Å². The highest BCUT2D eigenvalue weighted by Gasteiger charge is 2.25. The van der Waals surface area contributed by atoms with Gasteiger partial charge in [0.2, 0.25) is 5.82 Å². The van der Waals surface area contributed by atoms with Gasteiger partial charge < -0.3 is 5.32 Å². The van der Waals surface area contributed by atoms with Crippen molar-refractivity contribution >= 4 is 5.69 Å². The quantitative estimate of drug-likeness (QED) is 0.362. The molecule has 112 valence electrons. The van der Waals surface area contributed by atoms with Crippen molar-refractivity contribution in [1.82, 2.24) is 5.32 Å². The summed E-state index contributed by atoms with van der Waals surface area (Å²) in [5.41, 5.74) is -0.489. The molecule has 0 bridgehead atoms. The molecule has 0 amide bonds. The highest BCUT2D eigenvalue weighted by Crippen LogP contribution is 2.22. The summed E-state index contributed by atoms with van der Waals surface area (Å²) >= 11 is 0. The van der Waals surface area contributed by atoms with E-state index in [1.165, 1.54) is 12.1 Å². The first-order valence-corrected chi connectivity index (χ1v) is 6.00. The number of hydrogen-bond donors (Lipinski definition) is 1. The number of benzene rings is 1. The number of nitro benzene ring substituents is 1. The summed E-state index contributed by atoms with van der Waals surface area (Å²) in [6.07, 6.45) is -4.71. The summed E-state index contributed by atoms with van der Waals surface area (Å²) in [6, 6.07) is 3.81. The lowest BCUT2D eigenvalue weighted by molar-refractivity contribution is -0.387. The first kappa shape index (κ1) is 16.4. The molecule has 0 aliphatic carbocycles. The van der Waals surface area contributed by atoms with E-state index in [9.17, 15) is 27.7 Å². The van der Waals surface area contributed by atoms with Gasteiger partial charge >= 0.3 is 11.9 Å². The molecule has 8 heteroatoms. The van der Waals surface area contributed by atoms with E-state index in [-0.39, 0.29) is 25.1 Å². The van der Waals surface area contributed by atoms with Crippen LogP contribution in [0.25, 0.3) is 0 Å². The monoisotopic (exact) mass is 294 g/mol. The van der Waals surface area contributed by atoms with Crippen molar-refractivity contribution in [3.8, 4) is 0 Å². The van der Waals surface area contributed by atoms with Gasteiger partial charge in [-0.25, -0.2) is 0 Å². The standard InChI is InChI=1S/C12H14F4N2O2/c13-11-9(4-3-5-10(11)18(19)20)8-17-7-2-1-6-12(14,15)16/h3-5,17H,1-2,6-8H2. The average molecular weight is 294 g/mol. The van der Waals surface area contributed by atoms with Crippen LogP contribution in [0.1, 0.15) is 24.8 Å². The van der Waals surface area contributed by atoms with Crippen molar-refractivity contribution in [2.45, 2.75) is 32.0 Å². The van der Waals surface area contributed by atoms with Gasteiger partial charge in [-0.1, -0.05) is 12.1 Å². The molecule has 4 nitrogen and oxygen atoms in total. The van der Waals surface area contributed by atoms with Crippen LogP contribution in [0.4, 0.5) is 23.2 Å². The summed E-state index contributed by atoms with van der Waals surface area (Å²) in [5.74, 6) is -0.916. The Bertz CT molecular complexity index is 463. The lowest BCUT2D eigenvalue weighted by Gasteiger charge is -2.07. The Hall–Kier alpha value is -1.70. The SMILES string of the molecule is O=[N+]([O-])c1cccc(CNCCCCC(F)(F)F)c1F. The Morgan fingerprint density at radius 1 is 1.25 bits per heavy atom. The fraction of sp³-hybridized carbons (Fsp3) is 0.500. The maximum absolute atomic E-state index is 13.6. The number of rotatable bonds is 7. The number of hydrogen-bond acceptors (Lipinski definition) is 3. The van der Waals surface area contributed by atoms with Gasteiger partial charge in [-0.2, -0.15) is 17.6 Å². The second-order valence-electron chi connectivity index (χ2n) is 4.26. The molecule has 0 atom stereocenters. The third-order valence-electron chi connectivity index (χ3n) is 2.63. The van der Waals surface area contributed by atoms with E-state index in [0.717, 1.165) is 6.07 Å². The smallest absolute Gasteiger partial charge is 0.313 e. The number of halogens is 4. The van der Waals surface area contributed by atoms with Crippen LogP contribution >= 0.6 is 0 Å². The molecule has 20 heavy (non-hydrogen) atoms. The number of unbranched alkanes of at least 4 members (excludes halogenated alkanes) is 1. The van der Waals surface area contributed by atoms with Gasteiger partial charge in [0, 0.05) is 24.6 Å². The maximum atomic E-state index is 13.6. The van der Waals surface area contributed by atoms with Crippen LogP contribution in [0.2, 0.25) is 0 Å². The van der Waals surface area contributed by atoms with E-state index in [4.69, 9.17) is 0 Å². The summed E-state index contributed by atoms with van der Waals surface area (Å²) < 4.78 is 49.2. The van der Waals surface area contributed by atoms with E-state index >= 15 is 0 Å². The first-order chi connectivity index (χ1) is 9.31. The van der Waals surface area contributed by atoms with E-state index in [2.05, 4.69) is 5.32 Å². The minimum absolute atomic E-state index is 0.00603. The summed E-state index contributed by atoms with van der Waals surface area (Å²) in [6.45, 7) is 0.331. The molecule has 0 saturated carbocycles. The molecule has 1 aromatic rings. The molecular weight excluding hydrogens is 280 g/mol. The zero-order valence-electron chi connectivity index (χ0n) is 10.5. The normalized spacial score (nSPS) is 11.6. The van der Waals surface area contributed by atoms with Gasteiger partial charge in [-0.3, -0.25) is 10.1 Å². The van der Waals surface area contributed by atoms with Gasteiger partial charge in [0.05, 0.1) is 4.92 Å². The number of alkyl halides is 3. The Balaban J connectivity index is 2.36. The molecule has 0 aliphatic rings. The van der Waals surface area contributed by atoms with Crippen LogP contribution in [-0.4, -0.2) is 17.6 Å². The lowest BCUT2D eigenvalue weighted by atomic mass is 10.1. The molecule has 0 fully saturated rings. The highest BCUT2D eigenvalue weighted by molar-refractivity contribution is 5.36. The molecule has 1 aromatic carbocycles. The predicted molar refractivity (Wildman–Crippen MR) is 64.7 cm³/mol. The first-order valence-electron chi connectivity index (χ1n) is 6.00. The van der Waals surface area contributed by atoms with Gasteiger partial charge in [0.25, 0.3) is 0 Å². The van der Waals surface area contributed by atoms with Gasteiger partial charge in [0.1, 0.15) is 0 Å². The molecule has 0 saturated heterocycles.